The number of aromatic nitrogens is 1. The first-order chi connectivity index (χ1) is 11.5. The molecule has 2 aromatic rings. The van der Waals surface area contributed by atoms with Crippen LogP contribution in [0.25, 0.3) is 0 Å². The lowest BCUT2D eigenvalue weighted by molar-refractivity contribution is -0.385. The molecule has 1 heterocycles. The van der Waals surface area contributed by atoms with Crippen LogP contribution in [-0.4, -0.2) is 29.3 Å². The highest BCUT2D eigenvalue weighted by Crippen LogP contribution is 2.31. The summed E-state index contributed by atoms with van der Waals surface area (Å²) in [4.78, 5) is 14.0. The Morgan fingerprint density at radius 2 is 2.12 bits per heavy atom. The van der Waals surface area contributed by atoms with E-state index in [9.17, 15) is 10.1 Å². The third-order valence-corrected chi connectivity index (χ3v) is 2.92. The number of rotatable bonds is 7. The number of para-hydroxylation sites is 1. The number of hydrazone groups is 1. The summed E-state index contributed by atoms with van der Waals surface area (Å²) in [6, 6.07) is 8.31. The van der Waals surface area contributed by atoms with Crippen molar-refractivity contribution in [3.05, 3.63) is 52.2 Å². The Kier molecular flexibility index (Phi) is 5.67. The van der Waals surface area contributed by atoms with Gasteiger partial charge >= 0.3 is 0 Å². The summed E-state index contributed by atoms with van der Waals surface area (Å²) in [5, 5.41) is 14.7. The molecule has 24 heavy (non-hydrogen) atoms. The molecule has 0 radical (unpaired) electrons. The van der Waals surface area contributed by atoms with Gasteiger partial charge in [0.05, 0.1) is 24.4 Å². The second-order valence-corrected chi connectivity index (χ2v) is 5.07. The lowest BCUT2D eigenvalue weighted by atomic mass is 10.2. The van der Waals surface area contributed by atoms with E-state index in [1.54, 1.807) is 19.4 Å². The maximum atomic E-state index is 10.6. The predicted molar refractivity (Wildman–Crippen MR) is 90.9 cm³/mol. The van der Waals surface area contributed by atoms with Crippen molar-refractivity contribution >= 4 is 17.7 Å². The molecule has 0 bridgehead atoms. The number of anilines is 1. The van der Waals surface area contributed by atoms with E-state index in [-0.39, 0.29) is 11.8 Å². The molecule has 0 spiro atoms. The Bertz CT molecular complexity index is 729. The van der Waals surface area contributed by atoms with Crippen LogP contribution in [0.5, 0.6) is 11.5 Å². The largest absolute Gasteiger partial charge is 0.493 e. The Morgan fingerprint density at radius 3 is 2.71 bits per heavy atom. The predicted octanol–water partition coefficient (Wildman–Crippen LogP) is 3.23. The van der Waals surface area contributed by atoms with E-state index < -0.39 is 4.92 Å². The average Bonchev–Trinajstić information content (AvgIpc) is 2.56. The molecule has 1 aromatic heterocycles. The first-order valence-electron chi connectivity index (χ1n) is 7.24. The fraction of sp³-hybridized carbons (Fsp3) is 0.250. The highest BCUT2D eigenvalue weighted by molar-refractivity contribution is 5.85. The number of nitrogens with zero attached hydrogens (tertiary/aromatic N) is 3. The van der Waals surface area contributed by atoms with Gasteiger partial charge in [-0.1, -0.05) is 6.07 Å². The zero-order valence-electron chi connectivity index (χ0n) is 13.6. The molecular weight excluding hydrogens is 312 g/mol. The van der Waals surface area contributed by atoms with Crippen molar-refractivity contribution in [2.45, 2.75) is 20.0 Å². The van der Waals surface area contributed by atoms with Gasteiger partial charge in [0, 0.05) is 11.6 Å². The average molecular weight is 330 g/mol. The number of hydrogen-bond donors (Lipinski definition) is 1. The number of methoxy groups -OCH3 is 1. The van der Waals surface area contributed by atoms with Crippen LogP contribution in [0.4, 0.5) is 11.5 Å². The summed E-state index contributed by atoms with van der Waals surface area (Å²) in [5.41, 5.74) is 3.37. The minimum atomic E-state index is -0.508. The monoisotopic (exact) mass is 330 g/mol. The lowest BCUT2D eigenvalue weighted by Gasteiger charge is -2.15. The number of benzene rings is 1. The molecule has 0 aliphatic carbocycles. The van der Waals surface area contributed by atoms with Crippen molar-refractivity contribution in [1.29, 1.82) is 0 Å². The molecular formula is C16H18N4O4. The molecule has 0 amide bonds. The van der Waals surface area contributed by atoms with Crippen molar-refractivity contribution in [2.24, 2.45) is 5.10 Å². The van der Waals surface area contributed by atoms with Gasteiger partial charge in [0.2, 0.25) is 0 Å². The summed E-state index contributed by atoms with van der Waals surface area (Å²) >= 11 is 0. The van der Waals surface area contributed by atoms with E-state index >= 15 is 0 Å². The van der Waals surface area contributed by atoms with Crippen molar-refractivity contribution in [3.8, 4) is 11.5 Å². The summed E-state index contributed by atoms with van der Waals surface area (Å²) in [6.45, 7) is 3.85. The van der Waals surface area contributed by atoms with Gasteiger partial charge in [0.25, 0.3) is 5.69 Å². The third kappa shape index (κ3) is 4.42. The molecule has 0 saturated heterocycles. The van der Waals surface area contributed by atoms with Gasteiger partial charge < -0.3 is 9.47 Å². The molecule has 1 aromatic carbocycles. The number of pyridine rings is 1. The molecule has 2 rings (SSSR count). The first kappa shape index (κ1) is 17.2. The van der Waals surface area contributed by atoms with E-state index in [0.29, 0.717) is 17.3 Å². The topological polar surface area (TPSA) is 98.9 Å². The second-order valence-electron chi connectivity index (χ2n) is 5.07. The molecule has 0 unspecified atom stereocenters. The maximum absolute atomic E-state index is 10.6. The van der Waals surface area contributed by atoms with Crippen molar-refractivity contribution in [1.82, 2.24) is 4.98 Å². The summed E-state index contributed by atoms with van der Waals surface area (Å²) < 4.78 is 11.1. The highest BCUT2D eigenvalue weighted by Gasteiger charge is 2.11. The van der Waals surface area contributed by atoms with Crippen LogP contribution in [0.3, 0.4) is 0 Å². The van der Waals surface area contributed by atoms with Gasteiger partial charge in [-0.3, -0.25) is 15.5 Å². The molecule has 126 valence electrons. The number of ether oxygens (including phenoxy) is 2. The molecule has 8 nitrogen and oxygen atoms in total. The smallest absolute Gasteiger partial charge is 0.287 e. The summed E-state index contributed by atoms with van der Waals surface area (Å²) in [7, 11) is 1.57. The fourth-order valence-corrected chi connectivity index (χ4v) is 1.89. The van der Waals surface area contributed by atoms with Crippen molar-refractivity contribution < 1.29 is 14.4 Å². The van der Waals surface area contributed by atoms with Gasteiger partial charge in [0.1, 0.15) is 12.0 Å². The second kappa shape index (κ2) is 7.91. The minimum absolute atomic E-state index is 0.0160. The molecule has 0 saturated carbocycles. The number of nitrogens with one attached hydrogen (secondary N) is 1. The molecule has 1 N–H and O–H groups in total. The zero-order valence-corrected chi connectivity index (χ0v) is 13.6. The molecule has 0 fully saturated rings. The number of hydrogen-bond acceptors (Lipinski definition) is 7. The Labute approximate surface area is 139 Å². The van der Waals surface area contributed by atoms with E-state index in [2.05, 4.69) is 15.5 Å². The first-order valence-corrected chi connectivity index (χ1v) is 7.24. The van der Waals surface area contributed by atoms with E-state index in [1.165, 1.54) is 12.1 Å². The summed E-state index contributed by atoms with van der Waals surface area (Å²) in [6.07, 6.45) is 2.72. The van der Waals surface area contributed by atoms with E-state index in [1.807, 2.05) is 26.0 Å². The SMILES string of the molecule is COc1cccc(/C=N\Nc2ccc([N+](=O)[O-])cn2)c1OC(C)C. The van der Waals surface area contributed by atoms with Crippen LogP contribution in [0.15, 0.2) is 41.6 Å². The van der Waals surface area contributed by atoms with Gasteiger partial charge in [-0.2, -0.15) is 5.10 Å². The Balaban J connectivity index is 2.15. The summed E-state index contributed by atoms with van der Waals surface area (Å²) in [5.74, 6) is 1.60. The zero-order chi connectivity index (χ0) is 17.5. The van der Waals surface area contributed by atoms with Crippen LogP contribution < -0.4 is 14.9 Å². The molecule has 0 aliphatic rings. The van der Waals surface area contributed by atoms with E-state index in [0.717, 1.165) is 11.8 Å². The Hall–Kier alpha value is -3.16. The molecule has 0 atom stereocenters. The van der Waals surface area contributed by atoms with Crippen LogP contribution in [0, 0.1) is 10.1 Å². The van der Waals surface area contributed by atoms with Crippen LogP contribution in [-0.2, 0) is 0 Å². The fourth-order valence-electron chi connectivity index (χ4n) is 1.89. The van der Waals surface area contributed by atoms with Crippen molar-refractivity contribution in [3.63, 3.8) is 0 Å². The van der Waals surface area contributed by atoms with Crippen molar-refractivity contribution in [2.75, 3.05) is 12.5 Å². The van der Waals surface area contributed by atoms with Gasteiger partial charge in [0.15, 0.2) is 11.5 Å². The molecule has 0 aliphatic heterocycles. The lowest BCUT2D eigenvalue weighted by Crippen LogP contribution is -2.09. The third-order valence-electron chi connectivity index (χ3n) is 2.92. The van der Waals surface area contributed by atoms with Gasteiger partial charge in [-0.25, -0.2) is 4.98 Å². The maximum Gasteiger partial charge on any atom is 0.287 e. The van der Waals surface area contributed by atoms with Crippen LogP contribution >= 0.6 is 0 Å². The molecule has 8 heteroatoms. The highest BCUT2D eigenvalue weighted by atomic mass is 16.6. The van der Waals surface area contributed by atoms with E-state index in [4.69, 9.17) is 9.47 Å². The standard InChI is InChI=1S/C16H18N4O4/c1-11(2)24-16-12(5-4-6-14(16)23-3)9-18-19-15-8-7-13(10-17-15)20(21)22/h4-11H,1-3H3,(H,17,19)/b18-9-. The normalized spacial score (nSPS) is 10.8. The van der Waals surface area contributed by atoms with Crippen LogP contribution in [0.2, 0.25) is 0 Å². The quantitative estimate of drug-likeness (QED) is 0.475. The Morgan fingerprint density at radius 1 is 1.33 bits per heavy atom. The van der Waals surface area contributed by atoms with Gasteiger partial charge in [-0.05, 0) is 32.0 Å². The van der Waals surface area contributed by atoms with Gasteiger partial charge in [-0.15, -0.1) is 0 Å². The minimum Gasteiger partial charge on any atom is -0.493 e. The number of nitro groups is 1. The van der Waals surface area contributed by atoms with Crippen LogP contribution in [0.1, 0.15) is 19.4 Å².